The summed E-state index contributed by atoms with van der Waals surface area (Å²) in [6.07, 6.45) is -5.01. The molecule has 0 aromatic heterocycles. The van der Waals surface area contributed by atoms with Crippen molar-refractivity contribution in [2.24, 2.45) is 4.99 Å². The number of hydrogen-bond donors (Lipinski definition) is 1. The molecule has 2 aromatic carbocycles. The summed E-state index contributed by atoms with van der Waals surface area (Å²) >= 11 is 0. The van der Waals surface area contributed by atoms with Crippen LogP contribution in [0.4, 0.5) is 23.2 Å². The molecular formula is C16H9F4NO2. The van der Waals surface area contributed by atoms with Crippen molar-refractivity contribution in [1.29, 1.82) is 0 Å². The topological polar surface area (TPSA) is 49.7 Å². The molecule has 2 aromatic rings. The molecule has 0 atom stereocenters. The molecule has 3 rings (SSSR count). The number of hydrogen-bond acceptors (Lipinski definition) is 2. The molecule has 0 spiro atoms. The third-order valence-corrected chi connectivity index (χ3v) is 3.56. The second kappa shape index (κ2) is 5.19. The van der Waals surface area contributed by atoms with Crippen molar-refractivity contribution in [2.75, 3.05) is 0 Å². The molecule has 0 amide bonds. The summed E-state index contributed by atoms with van der Waals surface area (Å²) in [5.41, 5.74) is -0.835. The second-order valence-electron chi connectivity index (χ2n) is 5.07. The van der Waals surface area contributed by atoms with Crippen LogP contribution in [-0.2, 0) is 17.4 Å². The molecule has 1 N–H and O–H groups in total. The second-order valence-corrected chi connectivity index (χ2v) is 5.07. The number of halogens is 4. The zero-order chi connectivity index (χ0) is 16.8. The van der Waals surface area contributed by atoms with Crippen LogP contribution in [0.3, 0.4) is 0 Å². The predicted molar refractivity (Wildman–Crippen MR) is 75.3 cm³/mol. The summed E-state index contributed by atoms with van der Waals surface area (Å²) in [7, 11) is 0. The van der Waals surface area contributed by atoms with Gasteiger partial charge in [-0.05, 0) is 41.0 Å². The summed E-state index contributed by atoms with van der Waals surface area (Å²) < 4.78 is 52.8. The number of carbonyl (C=O) groups is 1. The number of nitrogens with zero attached hydrogens (tertiary/aromatic N) is 1. The van der Waals surface area contributed by atoms with Crippen molar-refractivity contribution in [3.63, 3.8) is 0 Å². The van der Waals surface area contributed by atoms with Gasteiger partial charge in [-0.1, -0.05) is 12.1 Å². The van der Waals surface area contributed by atoms with Gasteiger partial charge < -0.3 is 5.11 Å². The Kier molecular flexibility index (Phi) is 3.43. The van der Waals surface area contributed by atoms with Gasteiger partial charge in [-0.3, -0.25) is 0 Å². The Morgan fingerprint density at radius 1 is 1.09 bits per heavy atom. The maximum Gasteiger partial charge on any atom is 0.416 e. The van der Waals surface area contributed by atoms with Gasteiger partial charge >= 0.3 is 12.1 Å². The minimum absolute atomic E-state index is 0.0171. The minimum atomic E-state index is -4.64. The van der Waals surface area contributed by atoms with Gasteiger partial charge in [-0.15, -0.1) is 0 Å². The number of benzene rings is 2. The molecule has 118 valence electrons. The lowest BCUT2D eigenvalue weighted by Crippen LogP contribution is -2.15. The molecule has 0 fully saturated rings. The fourth-order valence-corrected chi connectivity index (χ4v) is 2.48. The Morgan fingerprint density at radius 3 is 2.30 bits per heavy atom. The first kappa shape index (κ1) is 15.2. The van der Waals surface area contributed by atoms with Crippen molar-refractivity contribution in [3.8, 4) is 11.1 Å². The van der Waals surface area contributed by atoms with Gasteiger partial charge in [0.05, 0.1) is 11.3 Å². The molecular weight excluding hydrogens is 314 g/mol. The third-order valence-electron chi connectivity index (χ3n) is 3.56. The number of fused-ring (bicyclic) bond motifs is 1. The molecule has 0 saturated heterocycles. The molecule has 0 bridgehead atoms. The van der Waals surface area contributed by atoms with Gasteiger partial charge in [-0.25, -0.2) is 14.2 Å². The Morgan fingerprint density at radius 2 is 1.74 bits per heavy atom. The van der Waals surface area contributed by atoms with E-state index in [1.165, 1.54) is 18.2 Å². The van der Waals surface area contributed by atoms with Crippen molar-refractivity contribution < 1.29 is 27.5 Å². The Hall–Kier alpha value is -2.70. The van der Waals surface area contributed by atoms with E-state index < -0.39 is 23.5 Å². The highest BCUT2D eigenvalue weighted by atomic mass is 19.4. The van der Waals surface area contributed by atoms with Crippen LogP contribution < -0.4 is 0 Å². The smallest absolute Gasteiger partial charge is 0.416 e. The molecule has 0 saturated carbocycles. The van der Waals surface area contributed by atoms with Crippen LogP contribution in [0, 0.1) is 5.82 Å². The van der Waals surface area contributed by atoms with Crippen LogP contribution in [0.2, 0.25) is 0 Å². The lowest BCUT2D eigenvalue weighted by atomic mass is 9.96. The molecule has 0 radical (unpaired) electrons. The number of alkyl halides is 3. The van der Waals surface area contributed by atoms with E-state index in [-0.39, 0.29) is 28.9 Å². The summed E-state index contributed by atoms with van der Waals surface area (Å²) in [6, 6.07) is 7.31. The van der Waals surface area contributed by atoms with Crippen molar-refractivity contribution >= 4 is 17.4 Å². The van der Waals surface area contributed by atoms with Crippen LogP contribution in [0.5, 0.6) is 0 Å². The van der Waals surface area contributed by atoms with Crippen molar-refractivity contribution in [3.05, 3.63) is 53.3 Å². The SMILES string of the molecule is O=C(O)C1=Nc2cc(-c3ccc(F)cc3)cc(C(F)(F)F)c2C1. The maximum absolute atomic E-state index is 13.3. The fraction of sp³-hybridized carbons (Fsp3) is 0.125. The number of aliphatic carboxylic acids is 1. The van der Waals surface area contributed by atoms with E-state index >= 15 is 0 Å². The van der Waals surface area contributed by atoms with E-state index in [2.05, 4.69) is 4.99 Å². The first-order chi connectivity index (χ1) is 10.8. The quantitative estimate of drug-likeness (QED) is 0.841. The molecule has 1 aliphatic rings. The Balaban J connectivity index is 2.18. The lowest BCUT2D eigenvalue weighted by Gasteiger charge is -2.14. The molecule has 7 heteroatoms. The average Bonchev–Trinajstić information content (AvgIpc) is 2.90. The zero-order valence-electron chi connectivity index (χ0n) is 11.5. The predicted octanol–water partition coefficient (Wildman–Crippen LogP) is 4.22. The molecule has 3 nitrogen and oxygen atoms in total. The van der Waals surface area contributed by atoms with Crippen molar-refractivity contribution in [2.45, 2.75) is 12.6 Å². The Bertz CT molecular complexity index is 823. The van der Waals surface area contributed by atoms with Gasteiger partial charge in [0.2, 0.25) is 0 Å². The molecule has 1 heterocycles. The lowest BCUT2D eigenvalue weighted by molar-refractivity contribution is -0.138. The first-order valence-electron chi connectivity index (χ1n) is 6.56. The largest absolute Gasteiger partial charge is 0.477 e. The highest BCUT2D eigenvalue weighted by Gasteiger charge is 2.37. The standard InChI is InChI=1S/C16H9F4NO2/c17-10-3-1-8(2-4-10)9-5-12(16(18,19)20)11-7-14(15(22)23)21-13(11)6-9/h1-6H,7H2,(H,22,23). The summed E-state index contributed by atoms with van der Waals surface area (Å²) in [4.78, 5) is 14.7. The molecule has 0 unspecified atom stereocenters. The van der Waals surface area contributed by atoms with Crippen molar-refractivity contribution in [1.82, 2.24) is 0 Å². The fourth-order valence-electron chi connectivity index (χ4n) is 2.48. The highest BCUT2D eigenvalue weighted by Crippen LogP contribution is 2.42. The number of rotatable bonds is 2. The van der Waals surface area contributed by atoms with Gasteiger partial charge in [0.25, 0.3) is 0 Å². The van der Waals surface area contributed by atoms with E-state index in [9.17, 15) is 22.4 Å². The highest BCUT2D eigenvalue weighted by molar-refractivity contribution is 6.37. The zero-order valence-corrected chi connectivity index (χ0v) is 11.5. The van der Waals surface area contributed by atoms with Gasteiger partial charge in [0.1, 0.15) is 11.5 Å². The Labute approximate surface area is 127 Å². The van der Waals surface area contributed by atoms with Gasteiger partial charge in [-0.2, -0.15) is 13.2 Å². The van der Waals surface area contributed by atoms with Gasteiger partial charge in [0, 0.05) is 6.42 Å². The van der Waals surface area contributed by atoms with E-state index in [0.717, 1.165) is 18.2 Å². The summed E-state index contributed by atoms with van der Waals surface area (Å²) in [6.45, 7) is 0. The first-order valence-corrected chi connectivity index (χ1v) is 6.56. The van der Waals surface area contributed by atoms with Gasteiger partial charge in [0.15, 0.2) is 0 Å². The number of carboxylic acid groups (broad SMARTS) is 1. The van der Waals surface area contributed by atoms with E-state index in [1.807, 2.05) is 0 Å². The average molecular weight is 323 g/mol. The van der Waals surface area contributed by atoms with E-state index in [4.69, 9.17) is 5.11 Å². The van der Waals surface area contributed by atoms with E-state index in [0.29, 0.717) is 5.56 Å². The van der Waals surface area contributed by atoms with Crippen LogP contribution in [-0.4, -0.2) is 16.8 Å². The summed E-state index contributed by atoms with van der Waals surface area (Å²) in [5.74, 6) is -1.85. The number of aliphatic imine (C=N–C) groups is 1. The number of carboxylic acids is 1. The monoisotopic (exact) mass is 323 g/mol. The van der Waals surface area contributed by atoms with Crippen LogP contribution in [0.25, 0.3) is 11.1 Å². The van der Waals surface area contributed by atoms with E-state index in [1.54, 1.807) is 0 Å². The van der Waals surface area contributed by atoms with Crippen LogP contribution >= 0.6 is 0 Å². The normalized spacial score (nSPS) is 13.7. The maximum atomic E-state index is 13.3. The molecule has 0 aliphatic carbocycles. The minimum Gasteiger partial charge on any atom is -0.477 e. The molecule has 1 aliphatic heterocycles. The molecule has 23 heavy (non-hydrogen) atoms. The van der Waals surface area contributed by atoms with Crippen LogP contribution in [0.1, 0.15) is 11.1 Å². The summed E-state index contributed by atoms with van der Waals surface area (Å²) in [5, 5.41) is 8.94. The van der Waals surface area contributed by atoms with Crippen LogP contribution in [0.15, 0.2) is 41.4 Å². The third kappa shape index (κ3) is 2.81.